The monoisotopic (exact) mass is 383 g/mol. The molecule has 2 unspecified atom stereocenters. The van der Waals surface area contributed by atoms with Crippen molar-refractivity contribution in [3.8, 4) is 17.1 Å². The first kappa shape index (κ1) is 19.5. The van der Waals surface area contributed by atoms with Crippen LogP contribution < -0.4 is 10.1 Å². The lowest BCUT2D eigenvalue weighted by Gasteiger charge is -2.20. The molecule has 0 fully saturated rings. The van der Waals surface area contributed by atoms with E-state index in [-0.39, 0.29) is 11.5 Å². The number of halogens is 1. The number of methoxy groups -OCH3 is 1. The molecule has 3 aromatic rings. The molecule has 0 saturated carbocycles. The Labute approximate surface area is 162 Å². The highest BCUT2D eigenvalue weighted by Crippen LogP contribution is 2.27. The predicted molar refractivity (Wildman–Crippen MR) is 102 cm³/mol. The van der Waals surface area contributed by atoms with Crippen molar-refractivity contribution < 1.29 is 18.4 Å². The molecule has 2 aromatic carbocycles. The van der Waals surface area contributed by atoms with Crippen LogP contribution in [0, 0.1) is 11.7 Å². The standard InChI is InChI=1S/C21H22FN3O3/c1-4-13(2)18(23-20(26)15-6-5-7-16(22)12-15)21-24-19(25-28-21)14-8-10-17(27-3)11-9-14/h5-13,18H,4H2,1-3H3,(H,23,26). The molecule has 1 aromatic heterocycles. The van der Waals surface area contributed by atoms with Crippen LogP contribution in [0.2, 0.25) is 0 Å². The van der Waals surface area contributed by atoms with E-state index in [0.29, 0.717) is 11.7 Å². The zero-order chi connectivity index (χ0) is 20.1. The highest BCUT2D eigenvalue weighted by Gasteiger charge is 2.27. The highest BCUT2D eigenvalue weighted by molar-refractivity contribution is 5.94. The fourth-order valence-corrected chi connectivity index (χ4v) is 2.76. The first-order valence-electron chi connectivity index (χ1n) is 9.06. The minimum atomic E-state index is -0.486. The Balaban J connectivity index is 1.84. The van der Waals surface area contributed by atoms with E-state index >= 15 is 0 Å². The zero-order valence-electron chi connectivity index (χ0n) is 16.0. The maximum atomic E-state index is 13.4. The van der Waals surface area contributed by atoms with Crippen LogP contribution in [-0.4, -0.2) is 23.2 Å². The van der Waals surface area contributed by atoms with Gasteiger partial charge in [-0.2, -0.15) is 4.98 Å². The van der Waals surface area contributed by atoms with E-state index in [0.717, 1.165) is 17.7 Å². The topological polar surface area (TPSA) is 77.2 Å². The van der Waals surface area contributed by atoms with E-state index in [4.69, 9.17) is 9.26 Å². The average Bonchev–Trinajstić information content (AvgIpc) is 3.21. The number of aromatic nitrogens is 2. The van der Waals surface area contributed by atoms with Gasteiger partial charge in [-0.25, -0.2) is 4.39 Å². The lowest BCUT2D eigenvalue weighted by Crippen LogP contribution is -2.32. The van der Waals surface area contributed by atoms with Crippen molar-refractivity contribution in [2.75, 3.05) is 7.11 Å². The quantitative estimate of drug-likeness (QED) is 0.654. The minimum Gasteiger partial charge on any atom is -0.497 e. The number of ether oxygens (including phenoxy) is 1. The number of benzene rings is 2. The molecule has 3 rings (SSSR count). The maximum Gasteiger partial charge on any atom is 0.252 e. The first-order chi connectivity index (χ1) is 13.5. The van der Waals surface area contributed by atoms with Crippen LogP contribution >= 0.6 is 0 Å². The SMILES string of the molecule is CCC(C)C(NC(=O)c1cccc(F)c1)c1nc(-c2ccc(OC)cc2)no1. The van der Waals surface area contributed by atoms with E-state index in [2.05, 4.69) is 15.5 Å². The van der Waals surface area contributed by atoms with Crippen LogP contribution in [0.4, 0.5) is 4.39 Å². The predicted octanol–water partition coefficient (Wildman–Crippen LogP) is 4.40. The molecular formula is C21H22FN3O3. The zero-order valence-corrected chi connectivity index (χ0v) is 16.0. The number of nitrogens with zero attached hydrogens (tertiary/aromatic N) is 2. The molecule has 146 valence electrons. The van der Waals surface area contributed by atoms with E-state index in [9.17, 15) is 9.18 Å². The van der Waals surface area contributed by atoms with E-state index < -0.39 is 17.8 Å². The number of hydrogen-bond acceptors (Lipinski definition) is 5. The molecule has 1 N–H and O–H groups in total. The molecule has 0 aliphatic heterocycles. The average molecular weight is 383 g/mol. The Kier molecular flexibility index (Phi) is 6.03. The molecule has 0 aliphatic rings. The van der Waals surface area contributed by atoms with Crippen LogP contribution in [0.1, 0.15) is 42.6 Å². The fraction of sp³-hybridized carbons (Fsp3) is 0.286. The van der Waals surface area contributed by atoms with Gasteiger partial charge >= 0.3 is 0 Å². The Morgan fingerprint density at radius 2 is 2.00 bits per heavy atom. The normalized spacial score (nSPS) is 13.0. The van der Waals surface area contributed by atoms with Crippen molar-refractivity contribution in [1.82, 2.24) is 15.5 Å². The number of hydrogen-bond donors (Lipinski definition) is 1. The molecule has 0 radical (unpaired) electrons. The summed E-state index contributed by atoms with van der Waals surface area (Å²) in [6.45, 7) is 3.99. The van der Waals surface area contributed by atoms with Crippen molar-refractivity contribution in [3.05, 3.63) is 65.8 Å². The van der Waals surface area contributed by atoms with Crippen molar-refractivity contribution >= 4 is 5.91 Å². The van der Waals surface area contributed by atoms with Gasteiger partial charge in [0.05, 0.1) is 7.11 Å². The summed E-state index contributed by atoms with van der Waals surface area (Å²) < 4.78 is 24.0. The third-order valence-corrected chi connectivity index (χ3v) is 4.64. The van der Waals surface area contributed by atoms with Gasteiger partial charge in [-0.3, -0.25) is 4.79 Å². The summed E-state index contributed by atoms with van der Waals surface area (Å²) in [5.74, 6) is 0.645. The second-order valence-corrected chi connectivity index (χ2v) is 6.53. The molecule has 6 nitrogen and oxygen atoms in total. The highest BCUT2D eigenvalue weighted by atomic mass is 19.1. The van der Waals surface area contributed by atoms with Gasteiger partial charge in [0.15, 0.2) is 0 Å². The first-order valence-corrected chi connectivity index (χ1v) is 9.06. The number of amides is 1. The molecule has 7 heteroatoms. The van der Waals surface area contributed by atoms with E-state index in [1.165, 1.54) is 18.2 Å². The number of carbonyl (C=O) groups is 1. The van der Waals surface area contributed by atoms with Crippen molar-refractivity contribution in [1.29, 1.82) is 0 Å². The Hall–Kier alpha value is -3.22. The molecule has 0 spiro atoms. The molecule has 2 atom stereocenters. The van der Waals surface area contributed by atoms with Gasteiger partial charge in [0.25, 0.3) is 5.91 Å². The molecular weight excluding hydrogens is 361 g/mol. The summed E-state index contributed by atoms with van der Waals surface area (Å²) in [7, 11) is 1.60. The summed E-state index contributed by atoms with van der Waals surface area (Å²) in [4.78, 5) is 17.0. The van der Waals surface area contributed by atoms with Gasteiger partial charge in [0, 0.05) is 11.1 Å². The second-order valence-electron chi connectivity index (χ2n) is 6.53. The van der Waals surface area contributed by atoms with Crippen molar-refractivity contribution in [2.24, 2.45) is 5.92 Å². The van der Waals surface area contributed by atoms with Gasteiger partial charge < -0.3 is 14.6 Å². The summed E-state index contributed by atoms with van der Waals surface area (Å²) in [6.07, 6.45) is 0.786. The Morgan fingerprint density at radius 3 is 2.64 bits per heavy atom. The number of carbonyl (C=O) groups excluding carboxylic acids is 1. The van der Waals surface area contributed by atoms with Gasteiger partial charge in [0.2, 0.25) is 11.7 Å². The Morgan fingerprint density at radius 1 is 1.25 bits per heavy atom. The van der Waals surface area contributed by atoms with Crippen LogP contribution in [0.3, 0.4) is 0 Å². The molecule has 0 saturated heterocycles. The van der Waals surface area contributed by atoms with Crippen LogP contribution in [0.15, 0.2) is 53.1 Å². The van der Waals surface area contributed by atoms with E-state index in [1.807, 2.05) is 38.1 Å². The number of rotatable bonds is 7. The number of nitrogens with one attached hydrogen (secondary N) is 1. The van der Waals surface area contributed by atoms with Crippen LogP contribution in [0.5, 0.6) is 5.75 Å². The molecule has 28 heavy (non-hydrogen) atoms. The van der Waals surface area contributed by atoms with Crippen molar-refractivity contribution in [2.45, 2.75) is 26.3 Å². The molecule has 0 aliphatic carbocycles. The lowest BCUT2D eigenvalue weighted by molar-refractivity contribution is 0.0909. The van der Waals surface area contributed by atoms with Gasteiger partial charge in [-0.05, 0) is 48.4 Å². The lowest BCUT2D eigenvalue weighted by atomic mass is 9.98. The summed E-state index contributed by atoms with van der Waals surface area (Å²) in [5, 5.41) is 6.92. The summed E-state index contributed by atoms with van der Waals surface area (Å²) in [5.41, 5.74) is 1.01. The second kappa shape index (κ2) is 8.65. The molecule has 0 bridgehead atoms. The van der Waals surface area contributed by atoms with Gasteiger partial charge in [-0.1, -0.05) is 31.5 Å². The maximum absolute atomic E-state index is 13.4. The largest absolute Gasteiger partial charge is 0.497 e. The van der Waals surface area contributed by atoms with Crippen LogP contribution in [-0.2, 0) is 0 Å². The third kappa shape index (κ3) is 4.36. The van der Waals surface area contributed by atoms with Crippen molar-refractivity contribution in [3.63, 3.8) is 0 Å². The summed E-state index contributed by atoms with van der Waals surface area (Å²) in [6, 6.07) is 12.3. The van der Waals surface area contributed by atoms with Gasteiger partial charge in [-0.15, -0.1) is 0 Å². The van der Waals surface area contributed by atoms with Crippen LogP contribution in [0.25, 0.3) is 11.4 Å². The smallest absolute Gasteiger partial charge is 0.252 e. The van der Waals surface area contributed by atoms with Gasteiger partial charge in [0.1, 0.15) is 17.6 Å². The van der Waals surface area contributed by atoms with E-state index in [1.54, 1.807) is 13.2 Å². The third-order valence-electron chi connectivity index (χ3n) is 4.64. The molecule has 1 heterocycles. The Bertz CT molecular complexity index is 940. The fourth-order valence-electron chi connectivity index (χ4n) is 2.76. The summed E-state index contributed by atoms with van der Waals surface area (Å²) >= 11 is 0. The molecule has 1 amide bonds. The minimum absolute atomic E-state index is 0.0432.